The quantitative estimate of drug-likeness (QED) is 0.779. The maximum Gasteiger partial charge on any atom is 0.315 e. The first kappa shape index (κ1) is 10.5. The van der Waals surface area contributed by atoms with Crippen molar-refractivity contribution in [3.63, 3.8) is 0 Å². The summed E-state index contributed by atoms with van der Waals surface area (Å²) in [6.07, 6.45) is 3.32. The van der Waals surface area contributed by atoms with E-state index in [2.05, 4.69) is 20.1 Å². The van der Waals surface area contributed by atoms with Crippen LogP contribution >= 0.6 is 0 Å². The van der Waals surface area contributed by atoms with E-state index in [0.29, 0.717) is 17.7 Å². The van der Waals surface area contributed by atoms with E-state index in [-0.39, 0.29) is 6.04 Å². The average molecular weight is 219 g/mol. The average Bonchev–Trinajstić information content (AvgIpc) is 2.74. The molecule has 2 aromatic heterocycles. The summed E-state index contributed by atoms with van der Waals surface area (Å²) in [5.74, 6) is 0.978. The summed E-state index contributed by atoms with van der Waals surface area (Å²) in [7, 11) is 1.57. The van der Waals surface area contributed by atoms with Crippen molar-refractivity contribution in [1.29, 1.82) is 0 Å². The number of rotatable bonds is 3. The van der Waals surface area contributed by atoms with Crippen LogP contribution in [0.1, 0.15) is 19.9 Å². The molecule has 0 bridgehead atoms. The van der Waals surface area contributed by atoms with Crippen LogP contribution in [0.3, 0.4) is 0 Å². The molecule has 0 N–H and O–H groups in total. The van der Waals surface area contributed by atoms with E-state index in [9.17, 15) is 0 Å². The third-order valence-corrected chi connectivity index (χ3v) is 2.04. The zero-order chi connectivity index (χ0) is 11.5. The molecular weight excluding hydrogens is 206 g/mol. The first-order valence-electron chi connectivity index (χ1n) is 5.00. The Bertz CT molecular complexity index is 465. The van der Waals surface area contributed by atoms with Gasteiger partial charge in [0.1, 0.15) is 0 Å². The minimum absolute atomic E-state index is 0.180. The SMILES string of the molecule is COc1nc(-c2ncccn2)nn1C(C)C. The number of methoxy groups -OCH3 is 1. The molecule has 0 amide bonds. The van der Waals surface area contributed by atoms with Crippen LogP contribution in [0, 0.1) is 0 Å². The number of aromatic nitrogens is 5. The molecule has 0 aromatic carbocycles. The summed E-state index contributed by atoms with van der Waals surface area (Å²) in [6.45, 7) is 4.01. The van der Waals surface area contributed by atoms with E-state index in [1.54, 1.807) is 30.3 Å². The van der Waals surface area contributed by atoms with Gasteiger partial charge in [0.2, 0.25) is 5.82 Å². The normalized spacial score (nSPS) is 10.8. The highest BCUT2D eigenvalue weighted by Gasteiger charge is 2.15. The zero-order valence-corrected chi connectivity index (χ0v) is 9.45. The molecule has 0 aliphatic rings. The van der Waals surface area contributed by atoms with Gasteiger partial charge in [-0.3, -0.25) is 0 Å². The van der Waals surface area contributed by atoms with Crippen LogP contribution in [-0.4, -0.2) is 31.8 Å². The minimum atomic E-state index is 0.180. The summed E-state index contributed by atoms with van der Waals surface area (Å²) in [4.78, 5) is 12.4. The van der Waals surface area contributed by atoms with Crippen molar-refractivity contribution >= 4 is 0 Å². The summed E-state index contributed by atoms with van der Waals surface area (Å²) < 4.78 is 6.84. The molecule has 2 aromatic rings. The van der Waals surface area contributed by atoms with Gasteiger partial charge in [0.25, 0.3) is 0 Å². The Morgan fingerprint density at radius 1 is 1.19 bits per heavy atom. The van der Waals surface area contributed by atoms with E-state index < -0.39 is 0 Å². The second-order valence-corrected chi connectivity index (χ2v) is 3.53. The molecule has 6 heteroatoms. The number of nitrogens with zero attached hydrogens (tertiary/aromatic N) is 5. The molecule has 0 saturated carbocycles. The molecule has 84 valence electrons. The largest absolute Gasteiger partial charge is 0.467 e. The lowest BCUT2D eigenvalue weighted by Crippen LogP contribution is -2.05. The van der Waals surface area contributed by atoms with E-state index in [1.807, 2.05) is 13.8 Å². The summed E-state index contributed by atoms with van der Waals surface area (Å²) in [6, 6.07) is 2.40. The van der Waals surface area contributed by atoms with Crippen LogP contribution < -0.4 is 4.74 Å². The van der Waals surface area contributed by atoms with Crippen molar-refractivity contribution in [2.45, 2.75) is 19.9 Å². The molecule has 0 atom stereocenters. The van der Waals surface area contributed by atoms with Gasteiger partial charge in [0.15, 0.2) is 5.82 Å². The van der Waals surface area contributed by atoms with Gasteiger partial charge in [-0.15, -0.1) is 5.10 Å². The van der Waals surface area contributed by atoms with E-state index >= 15 is 0 Å². The Balaban J connectivity index is 2.44. The van der Waals surface area contributed by atoms with Crippen molar-refractivity contribution in [2.75, 3.05) is 7.11 Å². The lowest BCUT2D eigenvalue weighted by Gasteiger charge is -2.06. The number of hydrogen-bond acceptors (Lipinski definition) is 5. The topological polar surface area (TPSA) is 65.7 Å². The molecule has 0 saturated heterocycles. The van der Waals surface area contributed by atoms with Crippen molar-refractivity contribution in [3.8, 4) is 17.7 Å². The van der Waals surface area contributed by atoms with Crippen LogP contribution in [0.2, 0.25) is 0 Å². The van der Waals surface area contributed by atoms with Crippen LogP contribution in [0.5, 0.6) is 6.01 Å². The zero-order valence-electron chi connectivity index (χ0n) is 9.45. The summed E-state index contributed by atoms with van der Waals surface area (Å²) >= 11 is 0. The third kappa shape index (κ3) is 1.86. The Kier molecular flexibility index (Phi) is 2.80. The maximum absolute atomic E-state index is 5.14. The van der Waals surface area contributed by atoms with E-state index in [1.165, 1.54) is 0 Å². The Hall–Kier alpha value is -1.98. The van der Waals surface area contributed by atoms with Crippen LogP contribution in [0.4, 0.5) is 0 Å². The third-order valence-electron chi connectivity index (χ3n) is 2.04. The monoisotopic (exact) mass is 219 g/mol. The van der Waals surface area contributed by atoms with Crippen LogP contribution in [0.25, 0.3) is 11.6 Å². The second-order valence-electron chi connectivity index (χ2n) is 3.53. The minimum Gasteiger partial charge on any atom is -0.467 e. The molecular formula is C10H13N5O. The van der Waals surface area contributed by atoms with E-state index in [4.69, 9.17) is 4.74 Å². The van der Waals surface area contributed by atoms with Crippen molar-refractivity contribution < 1.29 is 4.74 Å². The van der Waals surface area contributed by atoms with Gasteiger partial charge >= 0.3 is 6.01 Å². The molecule has 2 heterocycles. The molecule has 0 fully saturated rings. The fourth-order valence-electron chi connectivity index (χ4n) is 1.29. The first-order chi connectivity index (χ1) is 7.72. The van der Waals surface area contributed by atoms with Gasteiger partial charge < -0.3 is 4.74 Å². The summed E-state index contributed by atoms with van der Waals surface area (Å²) in [5, 5.41) is 4.31. The van der Waals surface area contributed by atoms with Gasteiger partial charge in [-0.05, 0) is 19.9 Å². The summed E-state index contributed by atoms with van der Waals surface area (Å²) in [5.41, 5.74) is 0. The Morgan fingerprint density at radius 2 is 1.88 bits per heavy atom. The molecule has 0 aliphatic heterocycles. The van der Waals surface area contributed by atoms with Crippen molar-refractivity contribution in [3.05, 3.63) is 18.5 Å². The van der Waals surface area contributed by atoms with Crippen LogP contribution in [-0.2, 0) is 0 Å². The van der Waals surface area contributed by atoms with Gasteiger partial charge in [-0.25, -0.2) is 14.6 Å². The lowest BCUT2D eigenvalue weighted by atomic mass is 10.4. The van der Waals surface area contributed by atoms with Gasteiger partial charge in [-0.1, -0.05) is 0 Å². The lowest BCUT2D eigenvalue weighted by molar-refractivity contribution is 0.333. The van der Waals surface area contributed by atoms with Gasteiger partial charge in [0.05, 0.1) is 13.2 Å². The number of ether oxygens (including phenoxy) is 1. The molecule has 6 nitrogen and oxygen atoms in total. The Labute approximate surface area is 93.3 Å². The van der Waals surface area contributed by atoms with Gasteiger partial charge in [-0.2, -0.15) is 4.98 Å². The van der Waals surface area contributed by atoms with Crippen molar-refractivity contribution in [2.24, 2.45) is 0 Å². The van der Waals surface area contributed by atoms with Crippen molar-refractivity contribution in [1.82, 2.24) is 24.7 Å². The van der Waals surface area contributed by atoms with Gasteiger partial charge in [0, 0.05) is 12.4 Å². The van der Waals surface area contributed by atoms with Crippen LogP contribution in [0.15, 0.2) is 18.5 Å². The maximum atomic E-state index is 5.14. The smallest absolute Gasteiger partial charge is 0.315 e. The standard InChI is InChI=1S/C10H13N5O/c1-7(2)15-10(16-3)13-9(14-15)8-11-5-4-6-12-8/h4-7H,1-3H3. The second kappa shape index (κ2) is 4.26. The first-order valence-corrected chi connectivity index (χ1v) is 5.00. The highest BCUT2D eigenvalue weighted by Crippen LogP contribution is 2.18. The fourth-order valence-corrected chi connectivity index (χ4v) is 1.29. The molecule has 2 rings (SSSR count). The fraction of sp³-hybridized carbons (Fsp3) is 0.400. The molecule has 0 unspecified atom stereocenters. The number of hydrogen-bond donors (Lipinski definition) is 0. The predicted molar refractivity (Wildman–Crippen MR) is 58.0 cm³/mol. The molecule has 16 heavy (non-hydrogen) atoms. The van der Waals surface area contributed by atoms with E-state index in [0.717, 1.165) is 0 Å². The predicted octanol–water partition coefficient (Wildman–Crippen LogP) is 1.32. The highest BCUT2D eigenvalue weighted by molar-refractivity contribution is 5.41. The highest BCUT2D eigenvalue weighted by atomic mass is 16.5. The molecule has 0 spiro atoms. The molecule has 0 radical (unpaired) electrons. The Morgan fingerprint density at radius 3 is 2.38 bits per heavy atom. The molecule has 0 aliphatic carbocycles.